The monoisotopic (exact) mass is 287 g/mol. The molecule has 1 aliphatic rings. The summed E-state index contributed by atoms with van der Waals surface area (Å²) < 4.78 is 39.9. The number of halogens is 1. The lowest BCUT2D eigenvalue weighted by Gasteiger charge is -2.23. The first kappa shape index (κ1) is 13.8. The molecule has 8 heteroatoms. The molecule has 1 saturated heterocycles. The number of sulfonamides is 1. The van der Waals surface area contributed by atoms with E-state index in [-0.39, 0.29) is 5.69 Å². The highest BCUT2D eigenvalue weighted by molar-refractivity contribution is 7.89. The van der Waals surface area contributed by atoms with Crippen LogP contribution in [-0.4, -0.2) is 26.9 Å². The molecule has 0 aliphatic carbocycles. The topological polar surface area (TPSA) is 101 Å². The zero-order valence-electron chi connectivity index (χ0n) is 10.0. The number of anilines is 1. The second kappa shape index (κ2) is 5.14. The van der Waals surface area contributed by atoms with Gasteiger partial charge in [0.2, 0.25) is 15.9 Å². The summed E-state index contributed by atoms with van der Waals surface area (Å²) in [5.74, 6) is -1.35. The predicted molar refractivity (Wildman–Crippen MR) is 67.2 cm³/mol. The Morgan fingerprint density at radius 3 is 2.79 bits per heavy atom. The fourth-order valence-corrected chi connectivity index (χ4v) is 3.36. The maximum atomic E-state index is 13.6. The van der Waals surface area contributed by atoms with Crippen LogP contribution < -0.4 is 15.8 Å². The van der Waals surface area contributed by atoms with Gasteiger partial charge in [0.05, 0.1) is 5.69 Å². The van der Waals surface area contributed by atoms with Gasteiger partial charge in [-0.2, -0.15) is 4.72 Å². The van der Waals surface area contributed by atoms with Crippen molar-refractivity contribution in [2.75, 3.05) is 12.3 Å². The number of benzene rings is 1. The SMILES string of the molecule is Nc1cccc(F)c1S(=O)(=O)NC1CCCNC1=O. The van der Waals surface area contributed by atoms with Crippen molar-refractivity contribution in [1.82, 2.24) is 10.0 Å². The summed E-state index contributed by atoms with van der Waals surface area (Å²) in [5.41, 5.74) is 5.30. The van der Waals surface area contributed by atoms with Gasteiger partial charge in [-0.05, 0) is 25.0 Å². The van der Waals surface area contributed by atoms with E-state index in [4.69, 9.17) is 5.73 Å². The van der Waals surface area contributed by atoms with Gasteiger partial charge in [0.1, 0.15) is 16.8 Å². The molecule has 0 aromatic heterocycles. The van der Waals surface area contributed by atoms with Crippen molar-refractivity contribution < 1.29 is 17.6 Å². The lowest BCUT2D eigenvalue weighted by molar-refractivity contribution is -0.124. The number of carbonyl (C=O) groups is 1. The van der Waals surface area contributed by atoms with Crippen LogP contribution in [0.2, 0.25) is 0 Å². The molecule has 0 bridgehead atoms. The Hall–Kier alpha value is -1.67. The molecule has 4 N–H and O–H groups in total. The van der Waals surface area contributed by atoms with E-state index in [1.54, 1.807) is 0 Å². The van der Waals surface area contributed by atoms with E-state index in [0.717, 1.165) is 6.07 Å². The average molecular weight is 287 g/mol. The number of nitrogens with one attached hydrogen (secondary N) is 2. The van der Waals surface area contributed by atoms with Crippen molar-refractivity contribution in [3.63, 3.8) is 0 Å². The van der Waals surface area contributed by atoms with Crippen molar-refractivity contribution >= 4 is 21.6 Å². The summed E-state index contributed by atoms with van der Waals surface area (Å²) in [5, 5.41) is 2.54. The number of piperidine rings is 1. The van der Waals surface area contributed by atoms with E-state index in [9.17, 15) is 17.6 Å². The molecule has 1 fully saturated rings. The molecule has 104 valence electrons. The second-order valence-electron chi connectivity index (χ2n) is 4.27. The van der Waals surface area contributed by atoms with Gasteiger partial charge < -0.3 is 11.1 Å². The Kier molecular flexibility index (Phi) is 3.72. The molecule has 1 unspecified atom stereocenters. The number of nitrogen functional groups attached to an aromatic ring is 1. The molecule has 1 aromatic carbocycles. The summed E-state index contributed by atoms with van der Waals surface area (Å²) >= 11 is 0. The smallest absolute Gasteiger partial charge is 0.246 e. The number of hydrogen-bond donors (Lipinski definition) is 3. The third-order valence-corrected chi connectivity index (χ3v) is 4.41. The van der Waals surface area contributed by atoms with E-state index < -0.39 is 32.7 Å². The maximum absolute atomic E-state index is 13.6. The van der Waals surface area contributed by atoms with Crippen LogP contribution in [0.3, 0.4) is 0 Å². The van der Waals surface area contributed by atoms with Crippen LogP contribution in [0.15, 0.2) is 23.1 Å². The van der Waals surface area contributed by atoms with Crippen LogP contribution in [0.4, 0.5) is 10.1 Å². The maximum Gasteiger partial charge on any atom is 0.246 e. The van der Waals surface area contributed by atoms with Crippen LogP contribution in [0, 0.1) is 5.82 Å². The molecule has 0 radical (unpaired) electrons. The van der Waals surface area contributed by atoms with Crippen molar-refractivity contribution in [3.05, 3.63) is 24.0 Å². The quantitative estimate of drug-likeness (QED) is 0.679. The van der Waals surface area contributed by atoms with Crippen LogP contribution >= 0.6 is 0 Å². The molecule has 1 amide bonds. The molecule has 1 heterocycles. The highest BCUT2D eigenvalue weighted by Gasteiger charge is 2.30. The Morgan fingerprint density at radius 2 is 2.16 bits per heavy atom. The minimum atomic E-state index is -4.16. The Bertz CT molecular complexity index is 583. The first-order chi connectivity index (χ1) is 8.92. The van der Waals surface area contributed by atoms with E-state index >= 15 is 0 Å². The first-order valence-corrected chi connectivity index (χ1v) is 7.24. The minimum absolute atomic E-state index is 0.191. The van der Waals surface area contributed by atoms with Crippen LogP contribution in [0.1, 0.15) is 12.8 Å². The van der Waals surface area contributed by atoms with E-state index in [0.29, 0.717) is 19.4 Å². The molecular weight excluding hydrogens is 273 g/mol. The van der Waals surface area contributed by atoms with Gasteiger partial charge in [0.25, 0.3) is 0 Å². The summed E-state index contributed by atoms with van der Waals surface area (Å²) in [6, 6.07) is 2.72. The van der Waals surface area contributed by atoms with Gasteiger partial charge in [0, 0.05) is 6.54 Å². The lowest BCUT2D eigenvalue weighted by Crippen LogP contribution is -2.50. The van der Waals surface area contributed by atoms with Gasteiger partial charge in [-0.1, -0.05) is 6.07 Å². The minimum Gasteiger partial charge on any atom is -0.398 e. The molecule has 19 heavy (non-hydrogen) atoms. The summed E-state index contributed by atoms with van der Waals surface area (Å²) in [4.78, 5) is 10.9. The van der Waals surface area contributed by atoms with E-state index in [1.165, 1.54) is 12.1 Å². The third kappa shape index (κ3) is 2.85. The summed E-state index contributed by atoms with van der Waals surface area (Å²) in [6.45, 7) is 0.513. The van der Waals surface area contributed by atoms with Crippen molar-refractivity contribution in [1.29, 1.82) is 0 Å². The van der Waals surface area contributed by atoms with Crippen LogP contribution in [0.5, 0.6) is 0 Å². The molecule has 1 aliphatic heterocycles. The molecule has 6 nitrogen and oxygen atoms in total. The largest absolute Gasteiger partial charge is 0.398 e. The van der Waals surface area contributed by atoms with E-state index in [1.807, 2.05) is 0 Å². The van der Waals surface area contributed by atoms with Crippen LogP contribution in [-0.2, 0) is 14.8 Å². The Labute approximate surface area is 110 Å². The zero-order valence-corrected chi connectivity index (χ0v) is 10.8. The standard InChI is InChI=1S/C11H14FN3O3S/c12-7-3-1-4-8(13)10(7)19(17,18)15-9-5-2-6-14-11(9)16/h1,3-4,9,15H,2,5-6,13H2,(H,14,16). The van der Waals surface area contributed by atoms with Crippen molar-refractivity contribution in [3.8, 4) is 0 Å². The number of hydrogen-bond acceptors (Lipinski definition) is 4. The van der Waals surface area contributed by atoms with Gasteiger partial charge in [-0.3, -0.25) is 4.79 Å². The molecular formula is C11H14FN3O3S. The fraction of sp³-hybridized carbons (Fsp3) is 0.364. The molecule has 1 aromatic rings. The zero-order chi connectivity index (χ0) is 14.0. The number of rotatable bonds is 3. The molecule has 2 rings (SSSR count). The average Bonchev–Trinajstić information content (AvgIpc) is 2.31. The first-order valence-electron chi connectivity index (χ1n) is 5.76. The summed E-state index contributed by atoms with van der Waals surface area (Å²) in [6.07, 6.45) is 1.03. The lowest BCUT2D eigenvalue weighted by atomic mass is 10.1. The Balaban J connectivity index is 2.30. The highest BCUT2D eigenvalue weighted by atomic mass is 32.2. The molecule has 0 spiro atoms. The number of carbonyl (C=O) groups excluding carboxylic acids is 1. The van der Waals surface area contributed by atoms with Crippen molar-refractivity contribution in [2.45, 2.75) is 23.8 Å². The fourth-order valence-electron chi connectivity index (χ4n) is 1.94. The van der Waals surface area contributed by atoms with Crippen molar-refractivity contribution in [2.24, 2.45) is 0 Å². The third-order valence-electron chi connectivity index (χ3n) is 2.85. The van der Waals surface area contributed by atoms with Gasteiger partial charge in [-0.15, -0.1) is 0 Å². The summed E-state index contributed by atoms with van der Waals surface area (Å²) in [7, 11) is -4.16. The van der Waals surface area contributed by atoms with Gasteiger partial charge in [-0.25, -0.2) is 12.8 Å². The van der Waals surface area contributed by atoms with E-state index in [2.05, 4.69) is 10.0 Å². The molecule has 1 atom stereocenters. The van der Waals surface area contributed by atoms with Gasteiger partial charge in [0.15, 0.2) is 0 Å². The number of amides is 1. The molecule has 0 saturated carbocycles. The Morgan fingerprint density at radius 1 is 1.42 bits per heavy atom. The normalized spacial score (nSPS) is 20.1. The highest BCUT2D eigenvalue weighted by Crippen LogP contribution is 2.22. The second-order valence-corrected chi connectivity index (χ2v) is 5.92. The van der Waals surface area contributed by atoms with Crippen LogP contribution in [0.25, 0.3) is 0 Å². The predicted octanol–water partition coefficient (Wildman–Crippen LogP) is -0.0352. The number of nitrogens with two attached hydrogens (primary N) is 1. The van der Waals surface area contributed by atoms with Gasteiger partial charge >= 0.3 is 0 Å².